The number of rotatable bonds is 4. The zero-order valence-electron chi connectivity index (χ0n) is 16.0. The molecule has 1 saturated heterocycles. The van der Waals surface area contributed by atoms with Crippen LogP contribution in [0.3, 0.4) is 0 Å². The van der Waals surface area contributed by atoms with E-state index < -0.39 is 28.2 Å². The van der Waals surface area contributed by atoms with Crippen LogP contribution in [0, 0.1) is 12.8 Å². The summed E-state index contributed by atoms with van der Waals surface area (Å²) < 4.78 is 34.7. The van der Waals surface area contributed by atoms with Gasteiger partial charge in [-0.25, -0.2) is 8.42 Å². The Morgan fingerprint density at radius 1 is 1.00 bits per heavy atom. The van der Waals surface area contributed by atoms with Gasteiger partial charge in [-0.2, -0.15) is 4.31 Å². The van der Waals surface area contributed by atoms with Gasteiger partial charge in [0.25, 0.3) is 0 Å². The smallest absolute Gasteiger partial charge is 0.245 e. The largest absolute Gasteiger partial charge is 0.359 e. The molecule has 5 nitrogen and oxygen atoms in total. The van der Waals surface area contributed by atoms with E-state index >= 15 is 0 Å². The zero-order chi connectivity index (χ0) is 19.7. The number of carbonyl (C=O) groups excluding carboxylic acids is 1. The second-order valence-corrected chi connectivity index (χ2v) is 9.46. The van der Waals surface area contributed by atoms with E-state index in [4.69, 9.17) is 4.74 Å². The normalized spacial score (nSPS) is 26.5. The maximum absolute atomic E-state index is 13.6. The van der Waals surface area contributed by atoms with Crippen molar-refractivity contribution in [2.75, 3.05) is 6.61 Å². The third-order valence-corrected chi connectivity index (χ3v) is 7.59. The molecule has 1 aliphatic carbocycles. The monoisotopic (exact) mass is 399 g/mol. The number of sulfonamides is 1. The third kappa shape index (κ3) is 3.52. The highest BCUT2D eigenvalue weighted by Crippen LogP contribution is 2.41. The molecule has 0 bridgehead atoms. The van der Waals surface area contributed by atoms with Gasteiger partial charge in [-0.1, -0.05) is 54.4 Å². The summed E-state index contributed by atoms with van der Waals surface area (Å²) >= 11 is 0. The second kappa shape index (κ2) is 7.78. The van der Waals surface area contributed by atoms with Gasteiger partial charge < -0.3 is 4.74 Å². The highest BCUT2D eigenvalue weighted by Gasteiger charge is 2.49. The van der Waals surface area contributed by atoms with Crippen molar-refractivity contribution in [3.8, 4) is 0 Å². The van der Waals surface area contributed by atoms with Gasteiger partial charge >= 0.3 is 0 Å². The molecule has 1 saturated carbocycles. The van der Waals surface area contributed by atoms with Crippen LogP contribution in [-0.2, 0) is 19.6 Å². The summed E-state index contributed by atoms with van der Waals surface area (Å²) in [6, 6.07) is 15.9. The first-order valence-electron chi connectivity index (χ1n) is 9.78. The number of hydrogen-bond donors (Lipinski definition) is 0. The average Bonchev–Trinajstić information content (AvgIpc) is 3.15. The fraction of sp³-hybridized carbons (Fsp3) is 0.409. The molecule has 2 fully saturated rings. The molecule has 2 aromatic carbocycles. The minimum Gasteiger partial charge on any atom is -0.359 e. The second-order valence-electron chi connectivity index (χ2n) is 7.62. The Hall–Kier alpha value is -2.02. The van der Waals surface area contributed by atoms with Crippen LogP contribution in [0.4, 0.5) is 0 Å². The average molecular weight is 400 g/mol. The molecule has 6 heteroatoms. The molecule has 0 spiro atoms. The molecule has 0 radical (unpaired) electrons. The standard InChI is InChI=1S/C22H25NO4S/c1-16-11-13-18(14-12-16)28(25,26)23-20(17-7-3-2-4-8-17)15-27-22(23)19-9-5-6-10-21(19)24/h2-4,7-8,11-14,19-20,22H,5-6,9-10,15H2,1H3/t19-,20-,22+/m1/s1. The molecule has 3 atom stereocenters. The molecule has 1 heterocycles. The van der Waals surface area contributed by atoms with Gasteiger partial charge in [0.1, 0.15) is 12.0 Å². The molecule has 0 amide bonds. The van der Waals surface area contributed by atoms with Crippen molar-refractivity contribution < 1.29 is 17.9 Å². The zero-order valence-corrected chi connectivity index (χ0v) is 16.8. The molecule has 4 rings (SSSR count). The quantitative estimate of drug-likeness (QED) is 0.784. The lowest BCUT2D eigenvalue weighted by molar-refractivity contribution is -0.131. The number of aryl methyl sites for hydroxylation is 1. The molecule has 0 aromatic heterocycles. The molecule has 0 unspecified atom stereocenters. The number of nitrogens with zero attached hydrogens (tertiary/aromatic N) is 1. The number of hydrogen-bond acceptors (Lipinski definition) is 4. The van der Waals surface area contributed by atoms with Gasteiger partial charge in [0.2, 0.25) is 10.0 Å². The van der Waals surface area contributed by atoms with Crippen LogP contribution in [0.2, 0.25) is 0 Å². The van der Waals surface area contributed by atoms with E-state index in [9.17, 15) is 13.2 Å². The Kier molecular flexibility index (Phi) is 5.36. The Balaban J connectivity index is 1.77. The third-order valence-electron chi connectivity index (χ3n) is 5.71. The van der Waals surface area contributed by atoms with Crippen LogP contribution in [0.15, 0.2) is 59.5 Å². The predicted octanol–water partition coefficient (Wildman–Crippen LogP) is 3.84. The molecule has 2 aromatic rings. The van der Waals surface area contributed by atoms with Crippen molar-refractivity contribution in [1.29, 1.82) is 0 Å². The van der Waals surface area contributed by atoms with Gasteiger partial charge in [0, 0.05) is 6.42 Å². The number of Topliss-reactive ketones (excluding diaryl/α,β-unsaturated/α-hetero) is 1. The van der Waals surface area contributed by atoms with Gasteiger partial charge in [-0.3, -0.25) is 4.79 Å². The van der Waals surface area contributed by atoms with E-state index in [0.717, 1.165) is 24.0 Å². The highest BCUT2D eigenvalue weighted by atomic mass is 32.2. The van der Waals surface area contributed by atoms with Crippen LogP contribution in [0.5, 0.6) is 0 Å². The van der Waals surface area contributed by atoms with E-state index in [1.807, 2.05) is 37.3 Å². The van der Waals surface area contributed by atoms with Gasteiger partial charge in [-0.05, 0) is 37.5 Å². The Morgan fingerprint density at radius 2 is 1.71 bits per heavy atom. The fourth-order valence-corrected chi connectivity index (χ4v) is 5.90. The molecule has 148 valence electrons. The summed E-state index contributed by atoms with van der Waals surface area (Å²) in [7, 11) is -3.82. The maximum atomic E-state index is 13.6. The summed E-state index contributed by atoms with van der Waals surface area (Å²) in [5.41, 5.74) is 1.87. The minimum atomic E-state index is -3.82. The van der Waals surface area contributed by atoms with Crippen molar-refractivity contribution >= 4 is 15.8 Å². The van der Waals surface area contributed by atoms with Crippen molar-refractivity contribution in [3.63, 3.8) is 0 Å². The van der Waals surface area contributed by atoms with E-state index in [1.54, 1.807) is 24.3 Å². The van der Waals surface area contributed by atoms with Gasteiger partial charge in [-0.15, -0.1) is 0 Å². The number of ether oxygens (including phenoxy) is 1. The lowest BCUT2D eigenvalue weighted by atomic mass is 9.86. The Labute approximate surface area is 166 Å². The first kappa shape index (κ1) is 19.3. The number of carbonyl (C=O) groups is 1. The summed E-state index contributed by atoms with van der Waals surface area (Å²) in [5, 5.41) is 0. The molecule has 0 N–H and O–H groups in total. The first-order valence-corrected chi connectivity index (χ1v) is 11.2. The summed E-state index contributed by atoms with van der Waals surface area (Å²) in [6.07, 6.45) is 2.22. The highest BCUT2D eigenvalue weighted by molar-refractivity contribution is 7.89. The fourth-order valence-electron chi connectivity index (χ4n) is 4.17. The van der Waals surface area contributed by atoms with Crippen molar-refractivity contribution in [2.24, 2.45) is 5.92 Å². The van der Waals surface area contributed by atoms with Crippen molar-refractivity contribution in [3.05, 3.63) is 65.7 Å². The molecule has 2 aliphatic rings. The van der Waals surface area contributed by atoms with Crippen LogP contribution in [0.25, 0.3) is 0 Å². The lowest BCUT2D eigenvalue weighted by Gasteiger charge is -2.33. The maximum Gasteiger partial charge on any atom is 0.245 e. The van der Waals surface area contributed by atoms with E-state index in [2.05, 4.69) is 0 Å². The van der Waals surface area contributed by atoms with E-state index in [0.29, 0.717) is 12.8 Å². The molecular formula is C22H25NO4S. The van der Waals surface area contributed by atoms with E-state index in [1.165, 1.54) is 4.31 Å². The van der Waals surface area contributed by atoms with Gasteiger partial charge in [0.05, 0.1) is 23.5 Å². The van der Waals surface area contributed by atoms with Crippen molar-refractivity contribution in [2.45, 2.75) is 49.8 Å². The number of ketones is 1. The van der Waals surface area contributed by atoms with Crippen molar-refractivity contribution in [1.82, 2.24) is 4.31 Å². The topological polar surface area (TPSA) is 63.7 Å². The van der Waals surface area contributed by atoms with Crippen LogP contribution in [0.1, 0.15) is 42.9 Å². The molecular weight excluding hydrogens is 374 g/mol. The molecule has 28 heavy (non-hydrogen) atoms. The first-order chi connectivity index (χ1) is 13.5. The summed E-state index contributed by atoms with van der Waals surface area (Å²) in [5.74, 6) is -0.295. The Morgan fingerprint density at radius 3 is 2.39 bits per heavy atom. The Bertz CT molecular complexity index is 940. The number of benzene rings is 2. The predicted molar refractivity (Wildman–Crippen MR) is 106 cm³/mol. The minimum absolute atomic E-state index is 0.106. The van der Waals surface area contributed by atoms with Gasteiger partial charge in [0.15, 0.2) is 0 Å². The summed E-state index contributed by atoms with van der Waals surface area (Å²) in [4.78, 5) is 12.8. The van der Waals surface area contributed by atoms with E-state index in [-0.39, 0.29) is 17.3 Å². The summed E-state index contributed by atoms with van der Waals surface area (Å²) in [6.45, 7) is 2.18. The van der Waals surface area contributed by atoms with Crippen LogP contribution in [-0.4, -0.2) is 31.3 Å². The SMILES string of the molecule is Cc1ccc(S(=O)(=O)N2[C@@H](c3ccccc3)CO[C@H]2[C@@H]2CCCCC2=O)cc1. The lowest BCUT2D eigenvalue weighted by Crippen LogP contribution is -2.45. The van der Waals surface area contributed by atoms with Crippen LogP contribution >= 0.6 is 0 Å². The van der Waals surface area contributed by atoms with Crippen LogP contribution < -0.4 is 0 Å². The molecule has 1 aliphatic heterocycles.